The highest BCUT2D eigenvalue weighted by Crippen LogP contribution is 2.28. The molecule has 2 atom stereocenters. The Hall–Kier alpha value is -2.55. The minimum Gasteiger partial charge on any atom is -0.488 e. The maximum Gasteiger partial charge on any atom is 0.260 e. The Morgan fingerprint density at radius 3 is 2.74 bits per heavy atom. The highest BCUT2D eigenvalue weighted by Gasteiger charge is 2.33. The fraction of sp³-hybridized carbons (Fsp3) is 0.227. The van der Waals surface area contributed by atoms with Crippen molar-refractivity contribution in [1.82, 2.24) is 9.88 Å². The molecule has 31 heavy (non-hydrogen) atoms. The number of aromatic nitrogens is 1. The maximum absolute atomic E-state index is 12.6. The lowest BCUT2D eigenvalue weighted by molar-refractivity contribution is -0.120. The Morgan fingerprint density at radius 2 is 2.03 bits per heavy atom. The van der Waals surface area contributed by atoms with Crippen LogP contribution in [0.25, 0.3) is 0 Å². The number of benzene rings is 1. The highest BCUT2D eigenvalue weighted by atomic mass is 35.5. The van der Waals surface area contributed by atoms with Gasteiger partial charge in [0.2, 0.25) is 5.91 Å². The van der Waals surface area contributed by atoms with Crippen molar-refractivity contribution in [1.29, 1.82) is 0 Å². The molecule has 1 amide bonds. The van der Waals surface area contributed by atoms with Crippen molar-refractivity contribution >= 4 is 45.8 Å². The quantitative estimate of drug-likeness (QED) is 0.583. The van der Waals surface area contributed by atoms with Gasteiger partial charge in [0.05, 0.1) is 10.4 Å². The summed E-state index contributed by atoms with van der Waals surface area (Å²) in [6, 6.07) is 16.3. The van der Waals surface area contributed by atoms with Crippen LogP contribution in [0.5, 0.6) is 5.75 Å². The average molecular weight is 474 g/mol. The van der Waals surface area contributed by atoms with Crippen LogP contribution in [0.3, 0.4) is 0 Å². The van der Waals surface area contributed by atoms with Crippen LogP contribution < -0.4 is 15.6 Å². The smallest absolute Gasteiger partial charge is 0.260 e. The van der Waals surface area contributed by atoms with Crippen molar-refractivity contribution in [2.75, 3.05) is 0 Å². The molecule has 0 radical (unpaired) electrons. The molecule has 1 aromatic carbocycles. The van der Waals surface area contributed by atoms with Gasteiger partial charge in [-0.05, 0) is 30.7 Å². The predicted molar refractivity (Wildman–Crippen MR) is 126 cm³/mol. The molecule has 3 aromatic rings. The van der Waals surface area contributed by atoms with Crippen LogP contribution in [-0.2, 0) is 17.9 Å². The van der Waals surface area contributed by atoms with Crippen molar-refractivity contribution in [2.24, 2.45) is 4.99 Å². The van der Waals surface area contributed by atoms with E-state index in [0.717, 1.165) is 10.4 Å². The average Bonchev–Trinajstić information content (AvgIpc) is 3.36. The van der Waals surface area contributed by atoms with Gasteiger partial charge in [0.25, 0.3) is 5.56 Å². The van der Waals surface area contributed by atoms with Gasteiger partial charge in [0.1, 0.15) is 17.6 Å². The molecule has 0 spiro atoms. The summed E-state index contributed by atoms with van der Waals surface area (Å²) < 4.78 is 7.83. The van der Waals surface area contributed by atoms with Crippen LogP contribution in [0, 0.1) is 0 Å². The van der Waals surface area contributed by atoms with Gasteiger partial charge in [-0.3, -0.25) is 19.1 Å². The van der Waals surface area contributed by atoms with Crippen LogP contribution in [0.4, 0.5) is 0 Å². The summed E-state index contributed by atoms with van der Waals surface area (Å²) in [7, 11) is 0. The van der Waals surface area contributed by atoms with E-state index in [9.17, 15) is 9.59 Å². The first-order chi connectivity index (χ1) is 15.0. The van der Waals surface area contributed by atoms with E-state index in [1.807, 2.05) is 49.4 Å². The molecule has 1 aliphatic heterocycles. The zero-order chi connectivity index (χ0) is 21.8. The minimum atomic E-state index is -0.384. The second-order valence-electron chi connectivity index (χ2n) is 6.96. The number of carbonyl (C=O) groups excluding carboxylic acids is 1. The number of hydrogen-bond donors (Lipinski definition) is 1. The first-order valence-corrected chi connectivity index (χ1v) is 11.7. The van der Waals surface area contributed by atoms with Gasteiger partial charge >= 0.3 is 0 Å². The predicted octanol–water partition coefficient (Wildman–Crippen LogP) is 4.17. The summed E-state index contributed by atoms with van der Waals surface area (Å²) in [5, 5.41) is 3.08. The highest BCUT2D eigenvalue weighted by molar-refractivity contribution is 8.15. The monoisotopic (exact) mass is 473 g/mol. The Morgan fingerprint density at radius 1 is 1.23 bits per heavy atom. The first kappa shape index (κ1) is 21.7. The van der Waals surface area contributed by atoms with Crippen molar-refractivity contribution < 1.29 is 9.53 Å². The second kappa shape index (κ2) is 9.72. The Bertz CT molecular complexity index is 1160. The van der Waals surface area contributed by atoms with Gasteiger partial charge in [-0.25, -0.2) is 0 Å². The van der Waals surface area contributed by atoms with Crippen LogP contribution in [-0.4, -0.2) is 26.9 Å². The molecule has 0 saturated carbocycles. The van der Waals surface area contributed by atoms with Crippen molar-refractivity contribution in [3.8, 4) is 5.75 Å². The van der Waals surface area contributed by atoms with Gasteiger partial charge in [-0.2, -0.15) is 0 Å². The largest absolute Gasteiger partial charge is 0.488 e. The molecule has 1 aliphatic rings. The molecular weight excluding hydrogens is 454 g/mol. The van der Waals surface area contributed by atoms with E-state index in [0.29, 0.717) is 28.4 Å². The normalized spacial score (nSPS) is 17.9. The number of ether oxygens (including phenoxy) is 1. The molecule has 0 bridgehead atoms. The molecule has 9 heteroatoms. The third-order valence-electron chi connectivity index (χ3n) is 4.66. The minimum absolute atomic E-state index is 0.0947. The number of pyridine rings is 1. The fourth-order valence-corrected chi connectivity index (χ4v) is 5.22. The number of hydrogen-bond acceptors (Lipinski definition) is 6. The Kier molecular flexibility index (Phi) is 6.80. The standard InChI is InChI=1S/C22H20ClN3O3S2/c1-14-20(21(28)24-12-15-5-3-2-4-6-15)31-22(25-14)26-10-9-16(11-19(26)27)29-13-17-7-8-18(23)30-17/h2-11,14,20H,12-13H2,1H3,(H,24,28). The van der Waals surface area contributed by atoms with Gasteiger partial charge < -0.3 is 10.1 Å². The van der Waals surface area contributed by atoms with Gasteiger partial charge in [0, 0.05) is 23.7 Å². The van der Waals surface area contributed by atoms with E-state index in [4.69, 9.17) is 16.3 Å². The fourth-order valence-electron chi connectivity index (χ4n) is 3.05. The lowest BCUT2D eigenvalue weighted by atomic mass is 10.2. The molecular formula is C22H20ClN3O3S2. The number of rotatable bonds is 6. The van der Waals surface area contributed by atoms with Gasteiger partial charge in [-0.1, -0.05) is 53.7 Å². The lowest BCUT2D eigenvalue weighted by Gasteiger charge is -2.13. The summed E-state index contributed by atoms with van der Waals surface area (Å²) in [6.07, 6.45) is 1.63. The molecule has 160 valence electrons. The number of thiophene rings is 1. The summed E-state index contributed by atoms with van der Waals surface area (Å²) in [5.74, 6) is 0.377. The second-order valence-corrected chi connectivity index (χ2v) is 9.87. The Balaban J connectivity index is 1.37. The van der Waals surface area contributed by atoms with E-state index in [2.05, 4.69) is 10.3 Å². The number of amides is 1. The van der Waals surface area contributed by atoms with E-state index in [1.54, 1.807) is 12.3 Å². The molecule has 0 saturated heterocycles. The van der Waals surface area contributed by atoms with E-state index in [1.165, 1.54) is 33.7 Å². The van der Waals surface area contributed by atoms with Crippen molar-refractivity contribution in [3.63, 3.8) is 0 Å². The maximum atomic E-state index is 12.6. The number of aliphatic imine (C=N–C) groups is 1. The summed E-state index contributed by atoms with van der Waals surface area (Å²) in [5.41, 5.74) is 0.773. The molecule has 3 heterocycles. The Labute approximate surface area is 192 Å². The lowest BCUT2D eigenvalue weighted by Crippen LogP contribution is -2.36. The number of carbonyl (C=O) groups is 1. The van der Waals surface area contributed by atoms with Crippen LogP contribution in [0.2, 0.25) is 4.34 Å². The molecule has 0 aliphatic carbocycles. The van der Waals surface area contributed by atoms with Crippen LogP contribution in [0.1, 0.15) is 17.4 Å². The number of halogens is 1. The van der Waals surface area contributed by atoms with E-state index in [-0.39, 0.29) is 22.8 Å². The molecule has 6 nitrogen and oxygen atoms in total. The third-order valence-corrected chi connectivity index (χ3v) is 7.24. The molecule has 2 unspecified atom stereocenters. The first-order valence-electron chi connectivity index (χ1n) is 9.66. The SMILES string of the molecule is CC1N=C(n2ccc(OCc3ccc(Cl)s3)cc2=O)SC1C(=O)NCc1ccccc1. The van der Waals surface area contributed by atoms with Crippen LogP contribution >= 0.6 is 34.7 Å². The zero-order valence-electron chi connectivity index (χ0n) is 16.7. The van der Waals surface area contributed by atoms with E-state index >= 15 is 0 Å². The molecule has 1 N–H and O–H groups in total. The third kappa shape index (κ3) is 5.39. The molecule has 0 fully saturated rings. The number of nitrogens with zero attached hydrogens (tertiary/aromatic N) is 2. The topological polar surface area (TPSA) is 72.7 Å². The summed E-state index contributed by atoms with van der Waals surface area (Å²) in [4.78, 5) is 30.8. The zero-order valence-corrected chi connectivity index (χ0v) is 19.0. The number of thioether (sulfide) groups is 1. The van der Waals surface area contributed by atoms with E-state index < -0.39 is 0 Å². The summed E-state index contributed by atoms with van der Waals surface area (Å²) in [6.45, 7) is 2.68. The van der Waals surface area contributed by atoms with Gasteiger partial charge in [-0.15, -0.1) is 11.3 Å². The van der Waals surface area contributed by atoms with Gasteiger partial charge in [0.15, 0.2) is 5.17 Å². The number of nitrogens with one attached hydrogen (secondary N) is 1. The van der Waals surface area contributed by atoms with Crippen LogP contribution in [0.15, 0.2) is 70.6 Å². The van der Waals surface area contributed by atoms with Crippen molar-refractivity contribution in [2.45, 2.75) is 31.4 Å². The molecule has 4 rings (SSSR count). The molecule has 2 aromatic heterocycles. The summed E-state index contributed by atoms with van der Waals surface area (Å²) >= 11 is 8.66. The van der Waals surface area contributed by atoms with Crippen molar-refractivity contribution in [3.05, 3.63) is 85.9 Å².